The molecule has 3 heterocycles. The van der Waals surface area contributed by atoms with Gasteiger partial charge in [0.2, 0.25) is 0 Å². The second-order valence-corrected chi connectivity index (χ2v) is 6.07. The number of rotatable bonds is 5. The van der Waals surface area contributed by atoms with Gasteiger partial charge in [0.25, 0.3) is 0 Å². The third-order valence-electron chi connectivity index (χ3n) is 2.71. The molecule has 0 unspecified atom stereocenters. The zero-order chi connectivity index (χ0) is 15.4. The molecule has 0 atom stereocenters. The minimum absolute atomic E-state index is 0.288. The number of nitriles is 1. The van der Waals surface area contributed by atoms with E-state index in [1.165, 1.54) is 18.0 Å². The van der Waals surface area contributed by atoms with Gasteiger partial charge in [-0.05, 0) is 23.2 Å². The molecule has 0 N–H and O–H groups in total. The van der Waals surface area contributed by atoms with E-state index in [0.717, 1.165) is 10.7 Å². The number of hydrogen-bond donors (Lipinski definition) is 0. The summed E-state index contributed by atoms with van der Waals surface area (Å²) in [6.07, 6.45) is 4.80. The van der Waals surface area contributed by atoms with Crippen molar-refractivity contribution in [2.45, 2.75) is 16.7 Å². The Morgan fingerprint density at radius 3 is 2.91 bits per heavy atom. The highest BCUT2D eigenvalue weighted by atomic mass is 32.2. The molecule has 0 radical (unpaired) electrons. The Labute approximate surface area is 135 Å². The van der Waals surface area contributed by atoms with Crippen molar-refractivity contribution in [3.05, 3.63) is 48.3 Å². The first-order valence-electron chi connectivity index (χ1n) is 6.30. The Morgan fingerprint density at radius 1 is 1.36 bits per heavy atom. The van der Waals surface area contributed by atoms with Crippen LogP contribution in [0.2, 0.25) is 0 Å². The molecule has 0 aliphatic rings. The Bertz CT molecular complexity index is 814. The molecule has 0 aliphatic carbocycles. The SMILES string of the molecule is C=CCn1c(Sc2cnc(C#N)cn2)nnc1-c1cccs1. The average molecular weight is 326 g/mol. The van der Waals surface area contributed by atoms with Crippen LogP contribution in [-0.4, -0.2) is 24.7 Å². The maximum absolute atomic E-state index is 8.75. The summed E-state index contributed by atoms with van der Waals surface area (Å²) in [6, 6.07) is 5.93. The summed E-state index contributed by atoms with van der Waals surface area (Å²) in [4.78, 5) is 9.25. The fraction of sp³-hybridized carbons (Fsp3) is 0.0714. The second-order valence-electron chi connectivity index (χ2n) is 4.14. The van der Waals surface area contributed by atoms with Crippen molar-refractivity contribution in [3.63, 3.8) is 0 Å². The van der Waals surface area contributed by atoms with Crippen LogP contribution in [0.1, 0.15) is 5.69 Å². The molecule has 8 heteroatoms. The molecule has 0 amide bonds. The van der Waals surface area contributed by atoms with Crippen LogP contribution in [0.15, 0.2) is 52.7 Å². The Hall–Kier alpha value is -2.50. The van der Waals surface area contributed by atoms with Gasteiger partial charge < -0.3 is 0 Å². The standard InChI is InChI=1S/C14H10N6S2/c1-2-5-20-13(11-4-3-6-21-11)18-19-14(20)22-12-9-16-10(7-15)8-17-12/h2-4,6,8-9H,1,5H2. The highest BCUT2D eigenvalue weighted by Gasteiger charge is 2.15. The van der Waals surface area contributed by atoms with E-state index in [4.69, 9.17) is 5.26 Å². The van der Waals surface area contributed by atoms with Crippen molar-refractivity contribution >= 4 is 23.1 Å². The molecular weight excluding hydrogens is 316 g/mol. The van der Waals surface area contributed by atoms with Crippen molar-refractivity contribution in [1.29, 1.82) is 5.26 Å². The average Bonchev–Trinajstić information content (AvgIpc) is 3.19. The normalized spacial score (nSPS) is 10.3. The van der Waals surface area contributed by atoms with E-state index >= 15 is 0 Å². The van der Waals surface area contributed by atoms with Crippen LogP contribution < -0.4 is 0 Å². The third kappa shape index (κ3) is 2.90. The first-order chi connectivity index (χ1) is 10.8. The van der Waals surface area contributed by atoms with Gasteiger partial charge in [0.15, 0.2) is 16.7 Å². The first-order valence-corrected chi connectivity index (χ1v) is 7.99. The summed E-state index contributed by atoms with van der Waals surface area (Å²) in [6.45, 7) is 4.39. The van der Waals surface area contributed by atoms with E-state index in [1.54, 1.807) is 23.6 Å². The molecule has 3 rings (SSSR count). The molecule has 0 aliphatic heterocycles. The van der Waals surface area contributed by atoms with Gasteiger partial charge in [-0.2, -0.15) is 5.26 Å². The lowest BCUT2D eigenvalue weighted by atomic mass is 10.4. The Kier molecular flexibility index (Phi) is 4.27. The number of thiophene rings is 1. The van der Waals surface area contributed by atoms with E-state index in [-0.39, 0.29) is 5.69 Å². The van der Waals surface area contributed by atoms with E-state index in [0.29, 0.717) is 16.7 Å². The fourth-order valence-electron chi connectivity index (χ4n) is 1.77. The molecule has 0 bridgehead atoms. The summed E-state index contributed by atoms with van der Waals surface area (Å²) in [5, 5.41) is 20.6. The van der Waals surface area contributed by atoms with Gasteiger partial charge in [-0.1, -0.05) is 12.1 Å². The van der Waals surface area contributed by atoms with Gasteiger partial charge in [0.05, 0.1) is 17.3 Å². The predicted octanol–water partition coefficient (Wildman–Crippen LogP) is 3.01. The maximum Gasteiger partial charge on any atom is 0.198 e. The molecular formula is C14H10N6S2. The van der Waals surface area contributed by atoms with Crippen LogP contribution in [0.5, 0.6) is 0 Å². The fourth-order valence-corrected chi connectivity index (χ4v) is 3.23. The zero-order valence-electron chi connectivity index (χ0n) is 11.4. The zero-order valence-corrected chi connectivity index (χ0v) is 13.0. The molecule has 22 heavy (non-hydrogen) atoms. The summed E-state index contributed by atoms with van der Waals surface area (Å²) in [7, 11) is 0. The smallest absolute Gasteiger partial charge is 0.198 e. The minimum atomic E-state index is 0.288. The van der Waals surface area contributed by atoms with Crippen LogP contribution in [0, 0.1) is 11.3 Å². The lowest BCUT2D eigenvalue weighted by molar-refractivity contribution is 0.731. The van der Waals surface area contributed by atoms with Gasteiger partial charge in [0, 0.05) is 6.54 Å². The van der Waals surface area contributed by atoms with Crippen molar-refractivity contribution in [3.8, 4) is 16.8 Å². The van der Waals surface area contributed by atoms with Gasteiger partial charge in [-0.3, -0.25) is 4.57 Å². The number of aromatic nitrogens is 5. The Balaban J connectivity index is 1.93. The Morgan fingerprint density at radius 2 is 2.27 bits per heavy atom. The van der Waals surface area contributed by atoms with Crippen LogP contribution >= 0.6 is 23.1 Å². The molecule has 0 fully saturated rings. The van der Waals surface area contributed by atoms with Gasteiger partial charge in [0.1, 0.15) is 11.1 Å². The van der Waals surface area contributed by atoms with Gasteiger partial charge in [-0.15, -0.1) is 28.1 Å². The van der Waals surface area contributed by atoms with Crippen molar-refractivity contribution in [2.75, 3.05) is 0 Å². The van der Waals surface area contributed by atoms with Crippen LogP contribution in [0.4, 0.5) is 0 Å². The second kappa shape index (κ2) is 6.51. The molecule has 0 aromatic carbocycles. The van der Waals surface area contributed by atoms with Gasteiger partial charge >= 0.3 is 0 Å². The summed E-state index contributed by atoms with van der Waals surface area (Å²) in [5.74, 6) is 0.805. The molecule has 3 aromatic heterocycles. The van der Waals surface area contributed by atoms with Crippen LogP contribution in [0.3, 0.4) is 0 Å². The summed E-state index contributed by atoms with van der Waals surface area (Å²) < 4.78 is 1.98. The topological polar surface area (TPSA) is 80.3 Å². The first kappa shape index (κ1) is 14.4. The number of allylic oxidation sites excluding steroid dienone is 1. The van der Waals surface area contributed by atoms with E-state index in [9.17, 15) is 0 Å². The van der Waals surface area contributed by atoms with E-state index < -0.39 is 0 Å². The van der Waals surface area contributed by atoms with Crippen LogP contribution in [-0.2, 0) is 6.54 Å². The lowest BCUT2D eigenvalue weighted by Gasteiger charge is -2.05. The maximum atomic E-state index is 8.75. The molecule has 6 nitrogen and oxygen atoms in total. The van der Waals surface area contributed by atoms with Crippen molar-refractivity contribution in [1.82, 2.24) is 24.7 Å². The minimum Gasteiger partial charge on any atom is -0.297 e. The number of nitrogens with zero attached hydrogens (tertiary/aromatic N) is 6. The van der Waals surface area contributed by atoms with E-state index in [1.807, 2.05) is 28.1 Å². The van der Waals surface area contributed by atoms with Crippen molar-refractivity contribution in [2.24, 2.45) is 0 Å². The van der Waals surface area contributed by atoms with E-state index in [2.05, 4.69) is 26.7 Å². The largest absolute Gasteiger partial charge is 0.297 e. The highest BCUT2D eigenvalue weighted by Crippen LogP contribution is 2.30. The summed E-state index contributed by atoms with van der Waals surface area (Å²) in [5.41, 5.74) is 0.288. The lowest BCUT2D eigenvalue weighted by Crippen LogP contribution is -2.00. The quantitative estimate of drug-likeness (QED) is 0.671. The van der Waals surface area contributed by atoms with Crippen LogP contribution in [0.25, 0.3) is 10.7 Å². The summed E-state index contributed by atoms with van der Waals surface area (Å²) >= 11 is 2.96. The highest BCUT2D eigenvalue weighted by molar-refractivity contribution is 7.99. The molecule has 0 saturated carbocycles. The van der Waals surface area contributed by atoms with Gasteiger partial charge in [-0.25, -0.2) is 9.97 Å². The molecule has 3 aromatic rings. The number of hydrogen-bond acceptors (Lipinski definition) is 7. The molecule has 0 saturated heterocycles. The van der Waals surface area contributed by atoms with Crippen molar-refractivity contribution < 1.29 is 0 Å². The third-order valence-corrected chi connectivity index (χ3v) is 4.48. The molecule has 0 spiro atoms. The predicted molar refractivity (Wildman–Crippen MR) is 84.4 cm³/mol. The monoisotopic (exact) mass is 326 g/mol. The molecule has 108 valence electrons.